The van der Waals surface area contributed by atoms with E-state index in [1.54, 1.807) is 0 Å². The number of carbonyl (C=O) groups excluding carboxylic acids is 1. The largest absolute Gasteiger partial charge is 0.356 e. The van der Waals surface area contributed by atoms with Gasteiger partial charge in [0.2, 0.25) is 5.91 Å². The predicted molar refractivity (Wildman–Crippen MR) is 71.4 cm³/mol. The molecule has 0 aromatic rings. The van der Waals surface area contributed by atoms with Crippen LogP contribution < -0.4 is 0 Å². The molecule has 3 nitrogen and oxygen atoms in total. The summed E-state index contributed by atoms with van der Waals surface area (Å²) in [7, 11) is 0. The molecule has 0 N–H and O–H groups in total. The molecule has 1 saturated heterocycles. The van der Waals surface area contributed by atoms with Gasteiger partial charge in [-0.15, -0.1) is 11.8 Å². The Kier molecular flexibility index (Phi) is 4.08. The summed E-state index contributed by atoms with van der Waals surface area (Å²) in [6.45, 7) is 6.63. The molecule has 2 heterocycles. The zero-order chi connectivity index (χ0) is 11.5. The molecule has 16 heavy (non-hydrogen) atoms. The van der Waals surface area contributed by atoms with E-state index in [1.165, 1.54) is 10.6 Å². The quantitative estimate of drug-likeness (QED) is 0.754. The van der Waals surface area contributed by atoms with Crippen LogP contribution in [0.2, 0.25) is 0 Å². The van der Waals surface area contributed by atoms with Crippen LogP contribution in [-0.2, 0) is 4.79 Å². The van der Waals surface area contributed by atoms with Gasteiger partial charge >= 0.3 is 0 Å². The Hall–Kier alpha value is -0.290. The van der Waals surface area contributed by atoms with Crippen LogP contribution >= 0.6 is 23.5 Å². The molecule has 0 atom stereocenters. The Morgan fingerprint density at radius 2 is 2.00 bits per heavy atom. The average molecular weight is 258 g/mol. The summed E-state index contributed by atoms with van der Waals surface area (Å²) < 4.78 is 0. The fourth-order valence-corrected chi connectivity index (χ4v) is 3.71. The van der Waals surface area contributed by atoms with E-state index in [-0.39, 0.29) is 5.91 Å². The molecular weight excluding hydrogens is 240 g/mol. The molecule has 0 aromatic carbocycles. The van der Waals surface area contributed by atoms with E-state index in [9.17, 15) is 4.79 Å². The molecule has 2 aliphatic heterocycles. The van der Waals surface area contributed by atoms with Gasteiger partial charge in [-0.05, 0) is 13.8 Å². The second kappa shape index (κ2) is 5.36. The third-order valence-corrected chi connectivity index (χ3v) is 5.22. The molecule has 0 unspecified atom stereocenters. The summed E-state index contributed by atoms with van der Waals surface area (Å²) >= 11 is 3.77. The first-order valence-electron chi connectivity index (χ1n) is 5.59. The van der Waals surface area contributed by atoms with Crippen LogP contribution in [0.3, 0.4) is 0 Å². The lowest BCUT2D eigenvalue weighted by atomic mass is 10.3. The maximum Gasteiger partial charge on any atom is 0.242 e. The Labute approximate surface area is 106 Å². The molecule has 0 spiro atoms. The zero-order valence-corrected chi connectivity index (χ0v) is 11.5. The minimum atomic E-state index is 0.287. The lowest BCUT2D eigenvalue weighted by Crippen LogP contribution is -2.43. The fourth-order valence-electron chi connectivity index (χ4n) is 1.84. The Balaban J connectivity index is 1.87. The molecule has 5 heteroatoms. The summed E-state index contributed by atoms with van der Waals surface area (Å²) in [5.74, 6) is 3.41. The predicted octanol–water partition coefficient (Wildman–Crippen LogP) is 1.82. The molecule has 0 aliphatic carbocycles. The molecule has 0 radical (unpaired) electrons. The smallest absolute Gasteiger partial charge is 0.242 e. The van der Waals surface area contributed by atoms with Crippen molar-refractivity contribution in [2.75, 3.05) is 37.0 Å². The SMILES string of the molecule is CC1=C(C)N(CC(=O)N2CCSCC2)CS1. The van der Waals surface area contributed by atoms with Gasteiger partial charge in [-0.25, -0.2) is 0 Å². The maximum absolute atomic E-state index is 12.0. The summed E-state index contributed by atoms with van der Waals surface area (Å²) in [6, 6.07) is 0. The molecule has 0 aromatic heterocycles. The first-order chi connectivity index (χ1) is 7.68. The van der Waals surface area contributed by atoms with E-state index in [4.69, 9.17) is 0 Å². The van der Waals surface area contributed by atoms with Gasteiger partial charge in [0.25, 0.3) is 0 Å². The second-order valence-corrected chi connectivity index (χ2v) is 6.49. The third kappa shape index (κ3) is 2.69. The first kappa shape index (κ1) is 12.2. The van der Waals surface area contributed by atoms with Gasteiger partial charge < -0.3 is 9.80 Å². The van der Waals surface area contributed by atoms with Crippen molar-refractivity contribution in [1.29, 1.82) is 0 Å². The van der Waals surface area contributed by atoms with E-state index in [1.807, 2.05) is 28.4 Å². The molecule has 0 saturated carbocycles. The van der Waals surface area contributed by atoms with Crippen LogP contribution in [0.4, 0.5) is 0 Å². The Bertz CT molecular complexity index is 311. The van der Waals surface area contributed by atoms with E-state index < -0.39 is 0 Å². The maximum atomic E-state index is 12.0. The average Bonchev–Trinajstić information content (AvgIpc) is 2.62. The highest BCUT2D eigenvalue weighted by atomic mass is 32.2. The van der Waals surface area contributed by atoms with Crippen molar-refractivity contribution in [2.24, 2.45) is 0 Å². The van der Waals surface area contributed by atoms with Crippen molar-refractivity contribution in [3.63, 3.8) is 0 Å². The number of thioether (sulfide) groups is 2. The number of allylic oxidation sites excluding steroid dienone is 2. The van der Waals surface area contributed by atoms with Crippen molar-refractivity contribution in [2.45, 2.75) is 13.8 Å². The summed E-state index contributed by atoms with van der Waals surface area (Å²) in [4.78, 5) is 17.6. The summed E-state index contributed by atoms with van der Waals surface area (Å²) in [5, 5.41) is 0. The van der Waals surface area contributed by atoms with Gasteiger partial charge in [0.15, 0.2) is 0 Å². The van der Waals surface area contributed by atoms with Gasteiger partial charge in [-0.3, -0.25) is 4.79 Å². The van der Waals surface area contributed by atoms with Crippen LogP contribution in [0.5, 0.6) is 0 Å². The lowest BCUT2D eigenvalue weighted by Gasteiger charge is -2.29. The van der Waals surface area contributed by atoms with Gasteiger partial charge in [0.1, 0.15) is 0 Å². The molecule has 90 valence electrons. The molecular formula is C11H18N2OS2. The van der Waals surface area contributed by atoms with Gasteiger partial charge in [-0.2, -0.15) is 11.8 Å². The van der Waals surface area contributed by atoms with E-state index in [0.29, 0.717) is 6.54 Å². The van der Waals surface area contributed by atoms with Crippen LogP contribution in [-0.4, -0.2) is 52.7 Å². The van der Waals surface area contributed by atoms with Gasteiger partial charge in [0.05, 0.1) is 12.4 Å². The van der Waals surface area contributed by atoms with E-state index in [0.717, 1.165) is 30.5 Å². The molecule has 2 rings (SSSR count). The highest BCUT2D eigenvalue weighted by molar-refractivity contribution is 8.03. The second-order valence-electron chi connectivity index (χ2n) is 4.11. The standard InChI is InChI=1S/C11H18N2OS2/c1-9-10(2)16-8-13(9)7-11(14)12-3-5-15-6-4-12/h3-8H2,1-2H3. The van der Waals surface area contributed by atoms with Crippen LogP contribution in [0.1, 0.15) is 13.8 Å². The van der Waals surface area contributed by atoms with E-state index >= 15 is 0 Å². The monoisotopic (exact) mass is 258 g/mol. The third-order valence-electron chi connectivity index (χ3n) is 3.11. The van der Waals surface area contributed by atoms with Crippen molar-refractivity contribution >= 4 is 29.4 Å². The fraction of sp³-hybridized carbons (Fsp3) is 0.727. The molecule has 2 aliphatic rings. The zero-order valence-electron chi connectivity index (χ0n) is 9.86. The van der Waals surface area contributed by atoms with Crippen LogP contribution in [0, 0.1) is 0 Å². The highest BCUT2D eigenvalue weighted by Crippen LogP contribution is 2.30. The molecule has 1 amide bonds. The summed E-state index contributed by atoms with van der Waals surface area (Å²) in [6.07, 6.45) is 0. The number of hydrogen-bond acceptors (Lipinski definition) is 4. The van der Waals surface area contributed by atoms with Crippen molar-refractivity contribution in [3.8, 4) is 0 Å². The van der Waals surface area contributed by atoms with E-state index in [2.05, 4.69) is 18.7 Å². The topological polar surface area (TPSA) is 23.6 Å². The lowest BCUT2D eigenvalue weighted by molar-refractivity contribution is -0.131. The first-order valence-corrected chi connectivity index (χ1v) is 7.73. The van der Waals surface area contributed by atoms with Crippen molar-refractivity contribution in [3.05, 3.63) is 10.6 Å². The molecule has 1 fully saturated rings. The highest BCUT2D eigenvalue weighted by Gasteiger charge is 2.23. The minimum Gasteiger partial charge on any atom is -0.356 e. The van der Waals surface area contributed by atoms with Crippen molar-refractivity contribution in [1.82, 2.24) is 9.80 Å². The number of hydrogen-bond donors (Lipinski definition) is 0. The normalized spacial score (nSPS) is 21.9. The summed E-state index contributed by atoms with van der Waals surface area (Å²) in [5.41, 5.74) is 1.27. The Morgan fingerprint density at radius 3 is 2.56 bits per heavy atom. The number of carbonyl (C=O) groups is 1. The molecule has 0 bridgehead atoms. The number of rotatable bonds is 2. The Morgan fingerprint density at radius 1 is 1.31 bits per heavy atom. The van der Waals surface area contributed by atoms with Crippen LogP contribution in [0.25, 0.3) is 0 Å². The van der Waals surface area contributed by atoms with Gasteiger partial charge in [-0.1, -0.05) is 0 Å². The van der Waals surface area contributed by atoms with Crippen LogP contribution in [0.15, 0.2) is 10.6 Å². The van der Waals surface area contributed by atoms with Gasteiger partial charge in [0, 0.05) is 35.2 Å². The van der Waals surface area contributed by atoms with Crippen molar-refractivity contribution < 1.29 is 4.79 Å². The number of nitrogens with zero attached hydrogens (tertiary/aromatic N) is 2. The number of amides is 1. The minimum absolute atomic E-state index is 0.287.